The van der Waals surface area contributed by atoms with E-state index in [1.165, 1.54) is 4.68 Å². The number of aryl methyl sites for hydroxylation is 4. The Balaban J connectivity index is 1.69. The number of anilines is 3. The van der Waals surface area contributed by atoms with Gasteiger partial charge in [-0.3, -0.25) is 9.59 Å². The van der Waals surface area contributed by atoms with Gasteiger partial charge in [0.15, 0.2) is 11.5 Å². The average molecular weight is 392 g/mol. The number of benzene rings is 2. The van der Waals surface area contributed by atoms with E-state index in [-0.39, 0.29) is 24.0 Å². The van der Waals surface area contributed by atoms with Gasteiger partial charge in [-0.1, -0.05) is 23.4 Å². The molecule has 8 heteroatoms. The van der Waals surface area contributed by atoms with Crippen LogP contribution in [0, 0.1) is 27.7 Å². The van der Waals surface area contributed by atoms with Crippen LogP contribution in [0.15, 0.2) is 36.4 Å². The van der Waals surface area contributed by atoms with E-state index < -0.39 is 5.91 Å². The second-order valence-corrected chi connectivity index (χ2v) is 7.10. The highest BCUT2D eigenvalue weighted by Crippen LogP contribution is 2.19. The van der Waals surface area contributed by atoms with Crippen LogP contribution in [0.4, 0.5) is 17.2 Å². The molecule has 0 aliphatic heterocycles. The fraction of sp³-hybridized carbons (Fsp3) is 0.238. The molecular weight excluding hydrogens is 368 g/mol. The zero-order valence-electron chi connectivity index (χ0n) is 16.9. The summed E-state index contributed by atoms with van der Waals surface area (Å²) in [6, 6.07) is 11.4. The molecule has 3 aromatic rings. The van der Waals surface area contributed by atoms with Crippen LogP contribution in [0.3, 0.4) is 0 Å². The van der Waals surface area contributed by atoms with E-state index in [1.807, 2.05) is 64.1 Å². The van der Waals surface area contributed by atoms with Crippen molar-refractivity contribution in [2.24, 2.45) is 0 Å². The molecule has 0 unspecified atom stereocenters. The van der Waals surface area contributed by atoms with E-state index in [0.29, 0.717) is 11.4 Å². The molecule has 0 atom stereocenters. The van der Waals surface area contributed by atoms with Gasteiger partial charge >= 0.3 is 0 Å². The molecule has 0 aliphatic rings. The Kier molecular flexibility index (Phi) is 5.63. The summed E-state index contributed by atoms with van der Waals surface area (Å²) in [6.45, 7) is 7.66. The first-order chi connectivity index (χ1) is 13.7. The minimum atomic E-state index is -0.475. The monoisotopic (exact) mass is 392 g/mol. The van der Waals surface area contributed by atoms with Crippen LogP contribution < -0.4 is 16.4 Å². The average Bonchev–Trinajstić information content (AvgIpc) is 3.02. The van der Waals surface area contributed by atoms with Crippen molar-refractivity contribution >= 4 is 29.0 Å². The predicted octanol–water partition coefficient (Wildman–Crippen LogP) is 2.98. The van der Waals surface area contributed by atoms with Gasteiger partial charge in [-0.2, -0.15) is 0 Å². The number of rotatable bonds is 5. The van der Waals surface area contributed by atoms with Crippen molar-refractivity contribution in [3.63, 3.8) is 0 Å². The first kappa shape index (κ1) is 20.1. The van der Waals surface area contributed by atoms with Gasteiger partial charge in [-0.15, -0.1) is 5.10 Å². The van der Waals surface area contributed by atoms with Gasteiger partial charge in [0.2, 0.25) is 5.91 Å². The number of hydrogen-bond donors (Lipinski definition) is 3. The van der Waals surface area contributed by atoms with Gasteiger partial charge in [-0.25, -0.2) is 4.68 Å². The van der Waals surface area contributed by atoms with E-state index in [2.05, 4.69) is 20.9 Å². The molecule has 1 aromatic heterocycles. The molecule has 0 saturated heterocycles. The third-order valence-electron chi connectivity index (χ3n) is 4.71. The van der Waals surface area contributed by atoms with Crippen LogP contribution in [0.2, 0.25) is 0 Å². The summed E-state index contributed by atoms with van der Waals surface area (Å²) < 4.78 is 1.20. The number of aromatic nitrogens is 3. The van der Waals surface area contributed by atoms with Gasteiger partial charge < -0.3 is 16.4 Å². The molecule has 8 nitrogen and oxygen atoms in total. The van der Waals surface area contributed by atoms with E-state index in [0.717, 1.165) is 22.3 Å². The van der Waals surface area contributed by atoms with E-state index in [1.54, 1.807) is 0 Å². The highest BCUT2D eigenvalue weighted by atomic mass is 16.2. The number of carbonyl (C=O) groups is 2. The largest absolute Gasteiger partial charge is 0.382 e. The summed E-state index contributed by atoms with van der Waals surface area (Å²) >= 11 is 0. The smallest absolute Gasteiger partial charge is 0.280 e. The van der Waals surface area contributed by atoms with Crippen LogP contribution in [-0.4, -0.2) is 26.8 Å². The van der Waals surface area contributed by atoms with Crippen molar-refractivity contribution in [3.8, 4) is 0 Å². The first-order valence-electron chi connectivity index (χ1n) is 9.19. The lowest BCUT2D eigenvalue weighted by Crippen LogP contribution is -2.21. The Morgan fingerprint density at radius 1 is 0.966 bits per heavy atom. The van der Waals surface area contributed by atoms with Crippen molar-refractivity contribution in [2.45, 2.75) is 34.2 Å². The molecule has 0 radical (unpaired) electrons. The Labute approximate surface area is 169 Å². The quantitative estimate of drug-likeness (QED) is 0.617. The summed E-state index contributed by atoms with van der Waals surface area (Å²) in [4.78, 5) is 24.9. The number of nitrogen functional groups attached to an aromatic ring is 1. The predicted molar refractivity (Wildman–Crippen MR) is 113 cm³/mol. The molecule has 2 aromatic carbocycles. The standard InChI is InChI=1S/C21H24N6O2/c1-12-5-6-14(3)17(9-12)24-21(29)19-20(22)27(26-25-19)11-18(28)23-16-8-7-13(2)15(4)10-16/h5-10H,11,22H2,1-4H3,(H,23,28)(H,24,29). The molecule has 0 saturated carbocycles. The zero-order valence-corrected chi connectivity index (χ0v) is 16.9. The van der Waals surface area contributed by atoms with Gasteiger partial charge in [0.05, 0.1) is 0 Å². The third-order valence-corrected chi connectivity index (χ3v) is 4.71. The molecule has 1 heterocycles. The Bertz CT molecular complexity index is 1090. The van der Waals surface area contributed by atoms with Crippen molar-refractivity contribution < 1.29 is 9.59 Å². The van der Waals surface area contributed by atoms with Crippen molar-refractivity contribution in [3.05, 3.63) is 64.3 Å². The van der Waals surface area contributed by atoms with E-state index in [9.17, 15) is 9.59 Å². The topological polar surface area (TPSA) is 115 Å². The maximum atomic E-state index is 12.6. The number of carbonyl (C=O) groups excluding carboxylic acids is 2. The number of nitrogens with two attached hydrogens (primary N) is 1. The van der Waals surface area contributed by atoms with Crippen LogP contribution in [0.5, 0.6) is 0 Å². The Morgan fingerprint density at radius 2 is 1.69 bits per heavy atom. The SMILES string of the molecule is Cc1ccc(C)c(NC(=O)c2nnn(CC(=O)Nc3ccc(C)c(C)c3)c2N)c1. The van der Waals surface area contributed by atoms with Gasteiger partial charge in [0.1, 0.15) is 6.54 Å². The third kappa shape index (κ3) is 4.60. The molecule has 0 fully saturated rings. The Hall–Kier alpha value is -3.68. The van der Waals surface area contributed by atoms with Crippen molar-refractivity contribution in [2.75, 3.05) is 16.4 Å². The molecule has 3 rings (SSSR count). The number of nitrogens with zero attached hydrogens (tertiary/aromatic N) is 3. The summed E-state index contributed by atoms with van der Waals surface area (Å²) in [7, 11) is 0. The molecular formula is C21H24N6O2. The maximum absolute atomic E-state index is 12.6. The van der Waals surface area contributed by atoms with Gasteiger partial charge in [0.25, 0.3) is 5.91 Å². The first-order valence-corrected chi connectivity index (χ1v) is 9.19. The Morgan fingerprint density at radius 3 is 2.41 bits per heavy atom. The van der Waals surface area contributed by atoms with E-state index in [4.69, 9.17) is 5.73 Å². The van der Waals surface area contributed by atoms with Crippen molar-refractivity contribution in [1.29, 1.82) is 0 Å². The minimum Gasteiger partial charge on any atom is -0.382 e. The van der Waals surface area contributed by atoms with Crippen LogP contribution in [0.25, 0.3) is 0 Å². The molecule has 29 heavy (non-hydrogen) atoms. The minimum absolute atomic E-state index is 0.0233. The number of amides is 2. The summed E-state index contributed by atoms with van der Waals surface area (Å²) in [5, 5.41) is 13.3. The lowest BCUT2D eigenvalue weighted by molar-refractivity contribution is -0.116. The molecule has 150 valence electrons. The molecule has 4 N–H and O–H groups in total. The van der Waals surface area contributed by atoms with E-state index >= 15 is 0 Å². The number of nitrogens with one attached hydrogen (secondary N) is 2. The second-order valence-electron chi connectivity index (χ2n) is 7.10. The highest BCUT2D eigenvalue weighted by Gasteiger charge is 2.19. The maximum Gasteiger partial charge on any atom is 0.280 e. The summed E-state index contributed by atoms with van der Waals surface area (Å²) in [6.07, 6.45) is 0. The second kappa shape index (κ2) is 8.14. The summed E-state index contributed by atoms with van der Waals surface area (Å²) in [5.74, 6) is -0.758. The summed E-state index contributed by atoms with van der Waals surface area (Å²) in [5.41, 5.74) is 11.5. The fourth-order valence-electron chi connectivity index (χ4n) is 2.81. The lowest BCUT2D eigenvalue weighted by atomic mass is 10.1. The normalized spacial score (nSPS) is 10.6. The fourth-order valence-corrected chi connectivity index (χ4v) is 2.81. The van der Waals surface area contributed by atoms with Crippen molar-refractivity contribution in [1.82, 2.24) is 15.0 Å². The molecule has 0 bridgehead atoms. The molecule has 2 amide bonds. The van der Waals surface area contributed by atoms with Gasteiger partial charge in [0, 0.05) is 11.4 Å². The molecule has 0 aliphatic carbocycles. The lowest BCUT2D eigenvalue weighted by Gasteiger charge is -2.09. The van der Waals surface area contributed by atoms with Crippen LogP contribution in [0.1, 0.15) is 32.7 Å². The van der Waals surface area contributed by atoms with Gasteiger partial charge in [-0.05, 0) is 68.1 Å². The number of hydrogen-bond acceptors (Lipinski definition) is 5. The zero-order chi connectivity index (χ0) is 21.1. The highest BCUT2D eigenvalue weighted by molar-refractivity contribution is 6.06. The van der Waals surface area contributed by atoms with Crippen LogP contribution in [-0.2, 0) is 11.3 Å². The van der Waals surface area contributed by atoms with Crippen LogP contribution >= 0.6 is 0 Å². The molecule has 0 spiro atoms.